The van der Waals surface area contributed by atoms with Gasteiger partial charge in [0.25, 0.3) is 0 Å². The van der Waals surface area contributed by atoms with Gasteiger partial charge in [-0.05, 0) is 29.3 Å². The van der Waals surface area contributed by atoms with E-state index < -0.39 is 0 Å². The average molecular weight is 218 g/mol. The van der Waals surface area contributed by atoms with Crippen molar-refractivity contribution in [2.45, 2.75) is 18.9 Å². The van der Waals surface area contributed by atoms with Crippen molar-refractivity contribution >= 4 is 0 Å². The SMILES string of the molecule is Cn1nnc(CC(N)Cc2ccncc2)n1. The molecule has 0 aliphatic rings. The molecule has 2 heterocycles. The molecule has 1 unspecified atom stereocenters. The first-order valence-corrected chi connectivity index (χ1v) is 5.11. The lowest BCUT2D eigenvalue weighted by atomic mass is 10.1. The second kappa shape index (κ2) is 4.80. The van der Waals surface area contributed by atoms with E-state index in [9.17, 15) is 0 Å². The predicted octanol–water partition coefficient (Wildman–Crippen LogP) is -0.282. The van der Waals surface area contributed by atoms with Crippen molar-refractivity contribution in [3.05, 3.63) is 35.9 Å². The largest absolute Gasteiger partial charge is 0.327 e. The number of hydrogen-bond acceptors (Lipinski definition) is 5. The average Bonchev–Trinajstić information content (AvgIpc) is 2.65. The number of aryl methyl sites for hydroxylation is 1. The molecule has 0 amide bonds. The number of nitrogens with zero attached hydrogens (tertiary/aromatic N) is 5. The van der Waals surface area contributed by atoms with Crippen molar-refractivity contribution in [3.63, 3.8) is 0 Å². The third-order valence-electron chi connectivity index (χ3n) is 2.24. The van der Waals surface area contributed by atoms with Crippen LogP contribution in [-0.2, 0) is 19.9 Å². The molecule has 1 atom stereocenters. The Hall–Kier alpha value is -1.82. The van der Waals surface area contributed by atoms with E-state index in [0.29, 0.717) is 12.2 Å². The lowest BCUT2D eigenvalue weighted by molar-refractivity contribution is 0.615. The minimum Gasteiger partial charge on any atom is -0.327 e. The Labute approximate surface area is 93.5 Å². The zero-order valence-electron chi connectivity index (χ0n) is 9.11. The van der Waals surface area contributed by atoms with Crippen molar-refractivity contribution in [3.8, 4) is 0 Å². The standard InChI is InChI=1S/C10H14N6/c1-16-14-10(13-15-16)7-9(11)6-8-2-4-12-5-3-8/h2-5,9H,6-7,11H2,1H3. The highest BCUT2D eigenvalue weighted by Gasteiger charge is 2.09. The maximum Gasteiger partial charge on any atom is 0.176 e. The molecule has 84 valence electrons. The van der Waals surface area contributed by atoms with Crippen molar-refractivity contribution in [1.29, 1.82) is 0 Å². The van der Waals surface area contributed by atoms with Gasteiger partial charge in [0, 0.05) is 24.9 Å². The molecule has 6 nitrogen and oxygen atoms in total. The normalized spacial score (nSPS) is 12.6. The minimum absolute atomic E-state index is 0.00611. The van der Waals surface area contributed by atoms with Gasteiger partial charge in [0.05, 0.1) is 7.05 Å². The third-order valence-corrected chi connectivity index (χ3v) is 2.24. The van der Waals surface area contributed by atoms with Crippen LogP contribution in [-0.4, -0.2) is 31.2 Å². The van der Waals surface area contributed by atoms with E-state index in [-0.39, 0.29) is 6.04 Å². The summed E-state index contributed by atoms with van der Waals surface area (Å²) >= 11 is 0. The maximum atomic E-state index is 6.01. The van der Waals surface area contributed by atoms with Crippen LogP contribution in [0, 0.1) is 0 Å². The van der Waals surface area contributed by atoms with Gasteiger partial charge in [-0.2, -0.15) is 4.80 Å². The molecule has 0 saturated heterocycles. The quantitative estimate of drug-likeness (QED) is 0.763. The fraction of sp³-hybridized carbons (Fsp3) is 0.400. The van der Waals surface area contributed by atoms with Crippen molar-refractivity contribution < 1.29 is 0 Å². The van der Waals surface area contributed by atoms with Crippen molar-refractivity contribution in [1.82, 2.24) is 25.2 Å². The molecule has 0 aromatic carbocycles. The molecule has 0 radical (unpaired) electrons. The van der Waals surface area contributed by atoms with Crippen LogP contribution in [0.4, 0.5) is 0 Å². The third kappa shape index (κ3) is 2.83. The van der Waals surface area contributed by atoms with Crippen LogP contribution in [0.5, 0.6) is 0 Å². The Kier molecular flexibility index (Phi) is 3.21. The van der Waals surface area contributed by atoms with Crippen LogP contribution in [0.3, 0.4) is 0 Å². The van der Waals surface area contributed by atoms with E-state index in [1.54, 1.807) is 19.4 Å². The zero-order valence-corrected chi connectivity index (χ0v) is 9.11. The monoisotopic (exact) mass is 218 g/mol. The number of nitrogens with two attached hydrogens (primary N) is 1. The summed E-state index contributed by atoms with van der Waals surface area (Å²) in [5.41, 5.74) is 7.18. The lowest BCUT2D eigenvalue weighted by Crippen LogP contribution is -2.26. The second-order valence-corrected chi connectivity index (χ2v) is 3.72. The summed E-state index contributed by atoms with van der Waals surface area (Å²) in [6.45, 7) is 0. The van der Waals surface area contributed by atoms with E-state index in [2.05, 4.69) is 20.4 Å². The van der Waals surface area contributed by atoms with Crippen molar-refractivity contribution in [2.75, 3.05) is 0 Å². The van der Waals surface area contributed by atoms with E-state index >= 15 is 0 Å². The Morgan fingerprint density at radius 1 is 1.31 bits per heavy atom. The number of tetrazole rings is 1. The second-order valence-electron chi connectivity index (χ2n) is 3.72. The van der Waals surface area contributed by atoms with E-state index in [1.165, 1.54) is 10.4 Å². The molecule has 0 bridgehead atoms. The number of hydrogen-bond donors (Lipinski definition) is 1. The Morgan fingerprint density at radius 2 is 2.06 bits per heavy atom. The molecule has 0 aliphatic heterocycles. The molecule has 2 aromatic rings. The van der Waals surface area contributed by atoms with E-state index in [4.69, 9.17) is 5.73 Å². The summed E-state index contributed by atoms with van der Waals surface area (Å²) in [5, 5.41) is 11.8. The molecular weight excluding hydrogens is 204 g/mol. The van der Waals surface area contributed by atoms with Crippen LogP contribution in [0.1, 0.15) is 11.4 Å². The summed E-state index contributed by atoms with van der Waals surface area (Å²) < 4.78 is 0. The summed E-state index contributed by atoms with van der Waals surface area (Å²) in [6.07, 6.45) is 4.96. The fourth-order valence-corrected chi connectivity index (χ4v) is 1.53. The van der Waals surface area contributed by atoms with Gasteiger partial charge in [-0.15, -0.1) is 10.2 Å². The number of pyridine rings is 1. The Bertz CT molecular complexity index is 438. The van der Waals surface area contributed by atoms with Crippen LogP contribution in [0.2, 0.25) is 0 Å². The number of rotatable bonds is 4. The smallest absolute Gasteiger partial charge is 0.176 e. The van der Waals surface area contributed by atoms with Gasteiger partial charge in [-0.3, -0.25) is 4.98 Å². The highest BCUT2D eigenvalue weighted by molar-refractivity contribution is 5.11. The fourth-order valence-electron chi connectivity index (χ4n) is 1.53. The van der Waals surface area contributed by atoms with Crippen LogP contribution in [0.15, 0.2) is 24.5 Å². The molecule has 2 aromatic heterocycles. The molecule has 0 fully saturated rings. The summed E-state index contributed by atoms with van der Waals surface area (Å²) in [7, 11) is 1.74. The highest BCUT2D eigenvalue weighted by atomic mass is 15.6. The van der Waals surface area contributed by atoms with Gasteiger partial charge in [0.1, 0.15) is 0 Å². The topological polar surface area (TPSA) is 82.5 Å². The van der Waals surface area contributed by atoms with Crippen molar-refractivity contribution in [2.24, 2.45) is 12.8 Å². The van der Waals surface area contributed by atoms with E-state index in [0.717, 1.165) is 6.42 Å². The Morgan fingerprint density at radius 3 is 2.69 bits per heavy atom. The zero-order chi connectivity index (χ0) is 11.4. The molecule has 2 N–H and O–H groups in total. The predicted molar refractivity (Wildman–Crippen MR) is 58.4 cm³/mol. The first-order chi connectivity index (χ1) is 7.74. The van der Waals surface area contributed by atoms with Gasteiger partial charge in [0.15, 0.2) is 5.82 Å². The summed E-state index contributed by atoms with van der Waals surface area (Å²) in [4.78, 5) is 5.40. The number of aromatic nitrogens is 5. The van der Waals surface area contributed by atoms with Gasteiger partial charge in [-0.25, -0.2) is 0 Å². The highest BCUT2D eigenvalue weighted by Crippen LogP contribution is 2.03. The van der Waals surface area contributed by atoms with Crippen LogP contribution < -0.4 is 5.73 Å². The Balaban J connectivity index is 1.92. The summed E-state index contributed by atoms with van der Waals surface area (Å²) in [5.74, 6) is 0.684. The molecule has 0 saturated carbocycles. The maximum absolute atomic E-state index is 6.01. The van der Waals surface area contributed by atoms with Gasteiger partial charge in [-0.1, -0.05) is 0 Å². The first-order valence-electron chi connectivity index (χ1n) is 5.11. The molecular formula is C10H14N6. The van der Waals surface area contributed by atoms with E-state index in [1.807, 2.05) is 12.1 Å². The molecule has 2 rings (SSSR count). The molecule has 0 aliphatic carbocycles. The molecule has 0 spiro atoms. The van der Waals surface area contributed by atoms with Gasteiger partial charge in [0.2, 0.25) is 0 Å². The first kappa shape index (κ1) is 10.7. The molecule has 16 heavy (non-hydrogen) atoms. The van der Waals surface area contributed by atoms with Crippen LogP contribution in [0.25, 0.3) is 0 Å². The van der Waals surface area contributed by atoms with Gasteiger partial charge < -0.3 is 5.73 Å². The summed E-state index contributed by atoms with van der Waals surface area (Å²) in [6, 6.07) is 3.93. The van der Waals surface area contributed by atoms with Gasteiger partial charge >= 0.3 is 0 Å². The minimum atomic E-state index is 0.00611. The lowest BCUT2D eigenvalue weighted by Gasteiger charge is -2.08. The molecule has 6 heteroatoms. The van der Waals surface area contributed by atoms with Crippen LogP contribution >= 0.6 is 0 Å².